The van der Waals surface area contributed by atoms with E-state index in [4.69, 9.17) is 0 Å². The van der Waals surface area contributed by atoms with E-state index in [1.807, 2.05) is 93.6 Å². The van der Waals surface area contributed by atoms with Gasteiger partial charge in [0.05, 0.1) is 5.56 Å². The summed E-state index contributed by atoms with van der Waals surface area (Å²) in [5.74, 6) is 0. The number of hydrogen-bond donors (Lipinski definition) is 1. The van der Waals surface area contributed by atoms with Crippen LogP contribution in [0, 0.1) is 20.8 Å². The van der Waals surface area contributed by atoms with Crippen molar-refractivity contribution < 1.29 is 9.69 Å². The van der Waals surface area contributed by atoms with Gasteiger partial charge < -0.3 is 0 Å². The topological polar surface area (TPSA) is 37.3 Å². The van der Waals surface area contributed by atoms with Crippen LogP contribution >= 0.6 is 7.49 Å². The SMILES string of the molecule is Cc1cc(C)c(C(=O)[P+](O)(c2ccccc2)c2ccccc2)c(C)c1. The van der Waals surface area contributed by atoms with Crippen LogP contribution in [0.25, 0.3) is 0 Å². The van der Waals surface area contributed by atoms with E-state index in [1.54, 1.807) is 0 Å². The van der Waals surface area contributed by atoms with Gasteiger partial charge in [-0.05, 0) is 56.2 Å². The minimum absolute atomic E-state index is 0.181. The second kappa shape index (κ2) is 6.92. The van der Waals surface area contributed by atoms with Gasteiger partial charge in [-0.2, -0.15) is 0 Å². The van der Waals surface area contributed by atoms with Crippen molar-refractivity contribution in [1.29, 1.82) is 0 Å². The first kappa shape index (κ1) is 17.5. The lowest BCUT2D eigenvalue weighted by Gasteiger charge is -2.20. The molecule has 0 bridgehead atoms. The van der Waals surface area contributed by atoms with Gasteiger partial charge in [0.1, 0.15) is 10.6 Å². The summed E-state index contributed by atoms with van der Waals surface area (Å²) < 4.78 is 0. The Balaban J connectivity index is 2.25. The van der Waals surface area contributed by atoms with Crippen LogP contribution < -0.4 is 10.6 Å². The van der Waals surface area contributed by atoms with E-state index >= 15 is 0 Å². The molecule has 0 unspecified atom stereocenters. The van der Waals surface area contributed by atoms with Gasteiger partial charge in [-0.1, -0.05) is 54.1 Å². The molecule has 1 N–H and O–H groups in total. The van der Waals surface area contributed by atoms with Gasteiger partial charge in [0, 0.05) is 0 Å². The standard InChI is InChI=1S/C22H22O2P/c1-16-14-17(2)21(18(3)15-16)22(23)25(24,19-10-6-4-7-11-19)20-12-8-5-9-13-20/h4-15,24H,1-3H3/q+1. The molecule has 0 aromatic heterocycles. The summed E-state index contributed by atoms with van der Waals surface area (Å²) in [7, 11) is -3.19. The van der Waals surface area contributed by atoms with Crippen molar-refractivity contribution in [3.8, 4) is 0 Å². The molecule has 126 valence electrons. The molecule has 3 aromatic carbocycles. The molecule has 0 radical (unpaired) electrons. The maximum Gasteiger partial charge on any atom is 0.338 e. The van der Waals surface area contributed by atoms with Crippen molar-refractivity contribution in [1.82, 2.24) is 0 Å². The average Bonchev–Trinajstić information content (AvgIpc) is 2.61. The van der Waals surface area contributed by atoms with Crippen LogP contribution in [0.15, 0.2) is 72.8 Å². The third-order valence-electron chi connectivity index (χ3n) is 4.44. The summed E-state index contributed by atoms with van der Waals surface area (Å²) >= 11 is 0. The fraction of sp³-hybridized carbons (Fsp3) is 0.136. The first-order valence-electron chi connectivity index (χ1n) is 8.30. The molecule has 0 fully saturated rings. The van der Waals surface area contributed by atoms with E-state index in [-0.39, 0.29) is 5.52 Å². The Morgan fingerprint density at radius 2 is 1.16 bits per heavy atom. The zero-order valence-corrected chi connectivity index (χ0v) is 15.6. The van der Waals surface area contributed by atoms with Crippen molar-refractivity contribution in [3.05, 3.63) is 95.1 Å². The maximum atomic E-state index is 13.6. The number of hydrogen-bond acceptors (Lipinski definition) is 2. The lowest BCUT2D eigenvalue weighted by molar-refractivity contribution is 0.107. The van der Waals surface area contributed by atoms with Gasteiger partial charge in [-0.3, -0.25) is 0 Å². The van der Waals surface area contributed by atoms with E-state index in [9.17, 15) is 9.69 Å². The predicted octanol–water partition coefficient (Wildman–Crippen LogP) is 4.33. The Morgan fingerprint density at radius 3 is 1.56 bits per heavy atom. The summed E-state index contributed by atoms with van der Waals surface area (Å²) in [6, 6.07) is 22.6. The van der Waals surface area contributed by atoms with Gasteiger partial charge in [0.2, 0.25) is 0 Å². The minimum atomic E-state index is -3.19. The monoisotopic (exact) mass is 349 g/mol. The zero-order valence-electron chi connectivity index (χ0n) is 14.7. The Labute approximate surface area is 149 Å². The maximum absolute atomic E-state index is 13.6. The van der Waals surface area contributed by atoms with Crippen LogP contribution in [0.1, 0.15) is 27.0 Å². The highest BCUT2D eigenvalue weighted by molar-refractivity contribution is 7.98. The van der Waals surface area contributed by atoms with E-state index in [0.717, 1.165) is 16.7 Å². The van der Waals surface area contributed by atoms with Gasteiger partial charge in [-0.25, -0.2) is 9.69 Å². The van der Waals surface area contributed by atoms with Crippen molar-refractivity contribution in [2.75, 3.05) is 0 Å². The molecule has 0 aliphatic carbocycles. The first-order valence-corrected chi connectivity index (χ1v) is 10.0. The quantitative estimate of drug-likeness (QED) is 0.712. The van der Waals surface area contributed by atoms with Crippen LogP contribution in [-0.4, -0.2) is 10.4 Å². The number of carbonyl (C=O) groups excluding carboxylic acids is 1. The summed E-state index contributed by atoms with van der Waals surface area (Å²) in [6.45, 7) is 5.89. The summed E-state index contributed by atoms with van der Waals surface area (Å²) in [5, 5.41) is 1.37. The van der Waals surface area contributed by atoms with E-state index in [2.05, 4.69) is 0 Å². The van der Waals surface area contributed by atoms with E-state index in [1.165, 1.54) is 0 Å². The van der Waals surface area contributed by atoms with Crippen LogP contribution in [0.5, 0.6) is 0 Å². The molecule has 0 heterocycles. The Morgan fingerprint density at radius 1 is 0.760 bits per heavy atom. The molecule has 0 saturated heterocycles. The second-order valence-electron chi connectivity index (χ2n) is 6.39. The van der Waals surface area contributed by atoms with Crippen LogP contribution in [0.4, 0.5) is 0 Å². The largest absolute Gasteiger partial charge is 0.338 e. The summed E-state index contributed by atoms with van der Waals surface area (Å²) in [4.78, 5) is 25.4. The molecule has 3 aromatic rings. The second-order valence-corrected chi connectivity index (χ2v) is 9.10. The molecule has 0 aliphatic heterocycles. The molecule has 0 amide bonds. The highest BCUT2D eigenvalue weighted by Gasteiger charge is 2.51. The molecule has 25 heavy (non-hydrogen) atoms. The third kappa shape index (κ3) is 3.16. The van der Waals surface area contributed by atoms with Crippen molar-refractivity contribution >= 4 is 23.6 Å². The zero-order chi connectivity index (χ0) is 18.0. The molecule has 0 atom stereocenters. The first-order chi connectivity index (χ1) is 11.9. The normalized spacial score (nSPS) is 11.4. The summed E-state index contributed by atoms with van der Waals surface area (Å²) in [5.41, 5.74) is 3.39. The molecule has 0 spiro atoms. The number of carbonyl (C=O) groups is 1. The lowest BCUT2D eigenvalue weighted by Crippen LogP contribution is -2.29. The molecular weight excluding hydrogens is 327 g/mol. The Kier molecular flexibility index (Phi) is 4.85. The average molecular weight is 349 g/mol. The van der Waals surface area contributed by atoms with E-state index in [0.29, 0.717) is 16.2 Å². The predicted molar refractivity (Wildman–Crippen MR) is 106 cm³/mol. The fourth-order valence-electron chi connectivity index (χ4n) is 3.35. The van der Waals surface area contributed by atoms with Gasteiger partial charge in [0.15, 0.2) is 0 Å². The van der Waals surface area contributed by atoms with Crippen LogP contribution in [0.2, 0.25) is 0 Å². The van der Waals surface area contributed by atoms with Crippen molar-refractivity contribution in [2.45, 2.75) is 20.8 Å². The Hall–Kier alpha value is -2.28. The summed E-state index contributed by atoms with van der Waals surface area (Å²) in [6.07, 6.45) is 0. The van der Waals surface area contributed by atoms with E-state index < -0.39 is 7.49 Å². The Bertz CT molecular complexity index is 839. The molecular formula is C22H22O2P+. The van der Waals surface area contributed by atoms with Crippen LogP contribution in [0.3, 0.4) is 0 Å². The molecule has 0 saturated carbocycles. The highest BCUT2D eigenvalue weighted by atomic mass is 31.2. The highest BCUT2D eigenvalue weighted by Crippen LogP contribution is 2.55. The smallest absolute Gasteiger partial charge is 0.243 e. The van der Waals surface area contributed by atoms with Gasteiger partial charge in [0.25, 0.3) is 7.49 Å². The molecule has 3 heteroatoms. The van der Waals surface area contributed by atoms with Crippen molar-refractivity contribution in [2.24, 2.45) is 0 Å². The van der Waals surface area contributed by atoms with Crippen molar-refractivity contribution in [3.63, 3.8) is 0 Å². The van der Waals surface area contributed by atoms with Gasteiger partial charge >= 0.3 is 5.52 Å². The van der Waals surface area contributed by atoms with Gasteiger partial charge in [-0.15, -0.1) is 0 Å². The molecule has 0 aliphatic rings. The molecule has 3 rings (SSSR count). The van der Waals surface area contributed by atoms with Crippen LogP contribution in [-0.2, 0) is 0 Å². The number of rotatable bonds is 4. The number of benzene rings is 3. The fourth-order valence-corrected chi connectivity index (χ4v) is 6.00. The lowest BCUT2D eigenvalue weighted by atomic mass is 10.0. The molecule has 2 nitrogen and oxygen atoms in total. The minimum Gasteiger partial charge on any atom is -0.243 e. The third-order valence-corrected chi connectivity index (χ3v) is 7.35. The number of aryl methyl sites for hydroxylation is 3.